The second kappa shape index (κ2) is 9.77. The number of carbonyl (C=O) groups is 2. The number of rotatable bonds is 9. The smallest absolute Gasteiger partial charge is 0.387 e. The highest BCUT2D eigenvalue weighted by Gasteiger charge is 2.41. The van der Waals surface area contributed by atoms with Gasteiger partial charge in [-0.15, -0.1) is 0 Å². The molecule has 1 aliphatic carbocycles. The quantitative estimate of drug-likeness (QED) is 0.546. The minimum absolute atomic E-state index is 0.0593. The van der Waals surface area contributed by atoms with E-state index in [0.29, 0.717) is 32.5 Å². The van der Waals surface area contributed by atoms with Gasteiger partial charge in [0.1, 0.15) is 16.9 Å². The topological polar surface area (TPSA) is 107 Å². The maximum Gasteiger partial charge on any atom is 0.387 e. The van der Waals surface area contributed by atoms with Gasteiger partial charge in [-0.05, 0) is 43.4 Å². The second-order valence-corrected chi connectivity index (χ2v) is 8.81. The van der Waals surface area contributed by atoms with Crippen LogP contribution >= 0.6 is 0 Å². The second-order valence-electron chi connectivity index (χ2n) is 8.81. The molecule has 1 saturated heterocycles. The van der Waals surface area contributed by atoms with Gasteiger partial charge in [0, 0.05) is 31.7 Å². The van der Waals surface area contributed by atoms with Gasteiger partial charge in [0.2, 0.25) is 12.5 Å². The predicted molar refractivity (Wildman–Crippen MR) is 119 cm³/mol. The fourth-order valence-electron chi connectivity index (χ4n) is 4.27. The van der Waals surface area contributed by atoms with Gasteiger partial charge in [-0.1, -0.05) is 12.1 Å². The van der Waals surface area contributed by atoms with Crippen LogP contribution in [0.1, 0.15) is 41.6 Å². The fourth-order valence-corrected chi connectivity index (χ4v) is 4.27. The number of anilines is 1. The Morgan fingerprint density at radius 3 is 2.68 bits per heavy atom. The lowest BCUT2D eigenvalue weighted by atomic mass is 9.87. The summed E-state index contributed by atoms with van der Waals surface area (Å²) in [6.07, 6.45) is 4.31. The first-order valence-corrected chi connectivity index (χ1v) is 11.1. The van der Waals surface area contributed by atoms with E-state index >= 15 is 0 Å². The molecule has 1 saturated carbocycles. The Morgan fingerprint density at radius 2 is 2.06 bits per heavy atom. The van der Waals surface area contributed by atoms with Crippen molar-refractivity contribution in [2.24, 2.45) is 11.7 Å². The molecule has 4 rings (SSSR count). The number of alkyl halides is 2. The predicted octanol–water partition coefficient (Wildman–Crippen LogP) is 2.84. The number of amides is 2. The maximum atomic E-state index is 12.5. The van der Waals surface area contributed by atoms with Crippen molar-refractivity contribution in [2.45, 2.75) is 44.4 Å². The first-order valence-electron chi connectivity index (χ1n) is 11.1. The molecule has 2 amide bonds. The Balaban J connectivity index is 1.48. The molecule has 180 valence electrons. The third-order valence-corrected chi connectivity index (χ3v) is 6.35. The molecule has 2 aromatic rings. The number of nitrogens with one attached hydrogen (secondary N) is 1. The van der Waals surface area contributed by atoms with E-state index in [9.17, 15) is 18.4 Å². The molecule has 0 bridgehead atoms. The van der Waals surface area contributed by atoms with Gasteiger partial charge in [0.05, 0.1) is 0 Å². The zero-order valence-corrected chi connectivity index (χ0v) is 18.5. The molecular weight excluding hydrogens is 446 g/mol. The van der Waals surface area contributed by atoms with Gasteiger partial charge in [0.15, 0.2) is 5.82 Å². The van der Waals surface area contributed by atoms with Gasteiger partial charge in [-0.2, -0.15) is 13.9 Å². The Morgan fingerprint density at radius 1 is 1.32 bits per heavy atom. The summed E-state index contributed by atoms with van der Waals surface area (Å²) in [6.45, 7) is 6.57. The molecule has 0 unspecified atom stereocenters. The molecule has 0 spiro atoms. The van der Waals surface area contributed by atoms with Crippen LogP contribution in [0, 0.1) is 12.5 Å². The number of hydrogen-bond acceptors (Lipinski definition) is 5. The van der Waals surface area contributed by atoms with E-state index in [-0.39, 0.29) is 35.5 Å². The SMILES string of the molecule is [C-]#[N+]CC1(n2cc(C(N)=O)c(NC(=O)C3CC3)n2)CCN(Cc2cccc(OC(F)F)c2)CC1. The van der Waals surface area contributed by atoms with Crippen molar-refractivity contribution >= 4 is 17.6 Å². The van der Waals surface area contributed by atoms with Crippen LogP contribution in [-0.2, 0) is 16.9 Å². The summed E-state index contributed by atoms with van der Waals surface area (Å²) in [5.74, 6) is -0.690. The third kappa shape index (κ3) is 5.34. The van der Waals surface area contributed by atoms with Gasteiger partial charge in [-0.25, -0.2) is 6.57 Å². The largest absolute Gasteiger partial charge is 0.435 e. The van der Waals surface area contributed by atoms with Crippen molar-refractivity contribution in [3.63, 3.8) is 0 Å². The fraction of sp³-hybridized carbons (Fsp3) is 0.478. The molecule has 0 atom stereocenters. The highest BCUT2D eigenvalue weighted by atomic mass is 19.3. The van der Waals surface area contributed by atoms with Crippen LogP contribution in [0.4, 0.5) is 14.6 Å². The van der Waals surface area contributed by atoms with E-state index in [2.05, 4.69) is 24.9 Å². The van der Waals surface area contributed by atoms with E-state index in [0.717, 1.165) is 18.4 Å². The Bertz CT molecular complexity index is 1100. The Labute approximate surface area is 195 Å². The third-order valence-electron chi connectivity index (χ3n) is 6.35. The highest BCUT2D eigenvalue weighted by molar-refractivity contribution is 6.02. The lowest BCUT2D eigenvalue weighted by Crippen LogP contribution is -2.48. The van der Waals surface area contributed by atoms with E-state index in [1.807, 2.05) is 6.07 Å². The highest BCUT2D eigenvalue weighted by Crippen LogP contribution is 2.34. The number of piperidine rings is 1. The summed E-state index contributed by atoms with van der Waals surface area (Å²) < 4.78 is 31.1. The number of benzene rings is 1. The monoisotopic (exact) mass is 472 g/mol. The number of nitrogens with zero attached hydrogens (tertiary/aromatic N) is 4. The lowest BCUT2D eigenvalue weighted by Gasteiger charge is -2.38. The molecule has 3 N–H and O–H groups in total. The van der Waals surface area contributed by atoms with E-state index in [4.69, 9.17) is 12.3 Å². The van der Waals surface area contributed by atoms with Crippen LogP contribution in [0.25, 0.3) is 4.85 Å². The number of carbonyl (C=O) groups excluding carboxylic acids is 2. The maximum absolute atomic E-state index is 12.5. The van der Waals surface area contributed by atoms with Gasteiger partial charge in [-0.3, -0.25) is 19.2 Å². The number of primary amides is 1. The van der Waals surface area contributed by atoms with E-state index in [1.165, 1.54) is 12.3 Å². The van der Waals surface area contributed by atoms with Crippen LogP contribution in [0.15, 0.2) is 30.5 Å². The average Bonchev–Trinajstić information content (AvgIpc) is 3.55. The Hall–Kier alpha value is -3.52. The summed E-state index contributed by atoms with van der Waals surface area (Å²) >= 11 is 0. The number of ether oxygens (including phenoxy) is 1. The number of likely N-dealkylation sites (tertiary alicyclic amines) is 1. The van der Waals surface area contributed by atoms with Crippen molar-refractivity contribution in [3.05, 3.63) is 53.0 Å². The van der Waals surface area contributed by atoms with Crippen molar-refractivity contribution in [3.8, 4) is 5.75 Å². The molecule has 11 heteroatoms. The molecule has 9 nitrogen and oxygen atoms in total. The summed E-state index contributed by atoms with van der Waals surface area (Å²) in [5.41, 5.74) is 5.84. The molecule has 2 fully saturated rings. The van der Waals surface area contributed by atoms with Crippen molar-refractivity contribution < 1.29 is 23.1 Å². The van der Waals surface area contributed by atoms with Crippen LogP contribution in [0.2, 0.25) is 0 Å². The summed E-state index contributed by atoms with van der Waals surface area (Å²) in [5, 5.41) is 7.19. The van der Waals surface area contributed by atoms with Crippen molar-refractivity contribution in [2.75, 3.05) is 25.0 Å². The summed E-state index contributed by atoms with van der Waals surface area (Å²) in [6, 6.07) is 6.60. The Kier molecular flexibility index (Phi) is 6.79. The summed E-state index contributed by atoms with van der Waals surface area (Å²) in [7, 11) is 0. The zero-order chi connectivity index (χ0) is 24.3. The lowest BCUT2D eigenvalue weighted by molar-refractivity contribution is -0.117. The number of halogens is 2. The minimum Gasteiger partial charge on any atom is -0.435 e. The average molecular weight is 472 g/mol. The van der Waals surface area contributed by atoms with E-state index < -0.39 is 18.1 Å². The molecular formula is C23H26F2N6O3. The molecule has 0 radical (unpaired) electrons. The first kappa shape index (κ1) is 23.6. The van der Waals surface area contributed by atoms with Crippen molar-refractivity contribution in [1.29, 1.82) is 0 Å². The van der Waals surface area contributed by atoms with Gasteiger partial charge in [0.25, 0.3) is 5.91 Å². The zero-order valence-electron chi connectivity index (χ0n) is 18.5. The first-order chi connectivity index (χ1) is 16.3. The number of hydrogen-bond donors (Lipinski definition) is 2. The van der Waals surface area contributed by atoms with Crippen LogP contribution in [-0.4, -0.2) is 52.7 Å². The standard InChI is InChI=1S/C23H26F2N6O3/c1-27-14-23(31-13-18(19(26)32)20(29-31)28-21(33)16-5-6-16)7-9-30(10-8-23)12-15-3-2-4-17(11-15)34-22(24)25/h2-4,11,13,16,22H,5-10,12,14H2,(H2,26,32)(H,28,29,33). The van der Waals surface area contributed by atoms with E-state index in [1.54, 1.807) is 16.8 Å². The minimum atomic E-state index is -2.88. The van der Waals surface area contributed by atoms with Crippen LogP contribution < -0.4 is 15.8 Å². The van der Waals surface area contributed by atoms with Crippen LogP contribution in [0.5, 0.6) is 5.75 Å². The molecule has 2 heterocycles. The molecule has 1 aliphatic heterocycles. The van der Waals surface area contributed by atoms with Gasteiger partial charge >= 0.3 is 6.61 Å². The van der Waals surface area contributed by atoms with Gasteiger partial charge < -0.3 is 20.6 Å². The normalized spacial score (nSPS) is 17.8. The number of aromatic nitrogens is 2. The number of nitrogens with two attached hydrogens (primary N) is 1. The summed E-state index contributed by atoms with van der Waals surface area (Å²) in [4.78, 5) is 30.0. The molecule has 1 aromatic carbocycles. The van der Waals surface area contributed by atoms with Crippen LogP contribution in [0.3, 0.4) is 0 Å². The molecule has 1 aromatic heterocycles. The van der Waals surface area contributed by atoms with Crippen molar-refractivity contribution in [1.82, 2.24) is 14.7 Å². The molecule has 2 aliphatic rings. The molecule has 34 heavy (non-hydrogen) atoms.